The number of rotatable bonds is 6. The highest BCUT2D eigenvalue weighted by atomic mass is 127. The van der Waals surface area contributed by atoms with Crippen LogP contribution in [0.2, 0.25) is 0 Å². The van der Waals surface area contributed by atoms with Crippen molar-refractivity contribution in [2.24, 2.45) is 4.99 Å². The van der Waals surface area contributed by atoms with Crippen LogP contribution >= 0.6 is 35.3 Å². The monoisotopic (exact) mass is 535 g/mol. The molecule has 0 saturated carbocycles. The van der Waals surface area contributed by atoms with Crippen molar-refractivity contribution in [1.82, 2.24) is 15.6 Å². The van der Waals surface area contributed by atoms with Crippen LogP contribution in [0.4, 0.5) is 5.13 Å². The molecule has 0 radical (unpaired) electrons. The number of fused-ring (bicyclic) bond motifs is 1. The summed E-state index contributed by atoms with van der Waals surface area (Å²) in [5.41, 5.74) is 2.43. The molecule has 2 N–H and O–H groups in total. The van der Waals surface area contributed by atoms with Gasteiger partial charge in [0, 0.05) is 38.5 Å². The van der Waals surface area contributed by atoms with Crippen molar-refractivity contribution in [2.75, 3.05) is 31.6 Å². The summed E-state index contributed by atoms with van der Waals surface area (Å²) < 4.78 is 0. The molecule has 1 saturated heterocycles. The Bertz CT molecular complexity index is 975. The second-order valence-electron chi connectivity index (χ2n) is 7.50. The number of benzene rings is 2. The average molecular weight is 535 g/mol. The van der Waals surface area contributed by atoms with Gasteiger partial charge in [-0.3, -0.25) is 4.99 Å². The quantitative estimate of drug-likeness (QED) is 0.266. The third-order valence-electron chi connectivity index (χ3n) is 5.46. The van der Waals surface area contributed by atoms with Gasteiger partial charge in [0.15, 0.2) is 11.1 Å². The van der Waals surface area contributed by atoms with E-state index in [0.717, 1.165) is 37.7 Å². The van der Waals surface area contributed by atoms with Crippen LogP contribution in [-0.2, 0) is 6.42 Å². The van der Waals surface area contributed by atoms with E-state index in [1.165, 1.54) is 34.3 Å². The molecule has 4 rings (SSSR count). The molecule has 0 aliphatic carbocycles. The maximum atomic E-state index is 4.80. The average Bonchev–Trinajstić information content (AvgIpc) is 3.44. The van der Waals surface area contributed by atoms with Crippen molar-refractivity contribution < 1.29 is 0 Å². The summed E-state index contributed by atoms with van der Waals surface area (Å²) in [5, 5.41) is 12.9. The van der Waals surface area contributed by atoms with Gasteiger partial charge in [0.1, 0.15) is 0 Å². The second kappa shape index (κ2) is 10.9. The van der Waals surface area contributed by atoms with Gasteiger partial charge in [-0.15, -0.1) is 35.3 Å². The van der Waals surface area contributed by atoms with Crippen molar-refractivity contribution in [1.29, 1.82) is 0 Å². The summed E-state index contributed by atoms with van der Waals surface area (Å²) >= 11 is 1.76. The van der Waals surface area contributed by atoms with Crippen molar-refractivity contribution in [3.05, 3.63) is 59.1 Å². The first-order chi connectivity index (χ1) is 14.2. The number of hydrogen-bond acceptors (Lipinski definition) is 4. The minimum Gasteiger partial charge on any atom is -0.356 e. The van der Waals surface area contributed by atoms with Gasteiger partial charge in [-0.05, 0) is 36.1 Å². The van der Waals surface area contributed by atoms with Gasteiger partial charge in [-0.2, -0.15) is 0 Å². The molecule has 2 heterocycles. The number of halogens is 1. The molecule has 1 unspecified atom stereocenters. The number of hydrogen-bond donors (Lipinski definition) is 2. The molecule has 30 heavy (non-hydrogen) atoms. The van der Waals surface area contributed by atoms with E-state index in [4.69, 9.17) is 4.98 Å². The molecule has 0 bridgehead atoms. The summed E-state index contributed by atoms with van der Waals surface area (Å²) in [6, 6.07) is 15.1. The lowest BCUT2D eigenvalue weighted by Gasteiger charge is -2.19. The van der Waals surface area contributed by atoms with E-state index < -0.39 is 0 Å². The van der Waals surface area contributed by atoms with Crippen LogP contribution < -0.4 is 15.5 Å². The molecule has 1 fully saturated rings. The highest BCUT2D eigenvalue weighted by molar-refractivity contribution is 14.0. The molecule has 0 amide bonds. The smallest absolute Gasteiger partial charge is 0.191 e. The Balaban J connectivity index is 0.00000256. The fourth-order valence-corrected chi connectivity index (χ4v) is 4.79. The van der Waals surface area contributed by atoms with Crippen LogP contribution in [0.15, 0.2) is 52.8 Å². The third kappa shape index (κ3) is 5.43. The van der Waals surface area contributed by atoms with E-state index in [2.05, 4.69) is 75.3 Å². The number of aromatic nitrogens is 1. The number of guanidine groups is 1. The van der Waals surface area contributed by atoms with Crippen LogP contribution in [0.1, 0.15) is 37.1 Å². The molecule has 2 aromatic carbocycles. The van der Waals surface area contributed by atoms with E-state index in [1.54, 1.807) is 11.3 Å². The minimum atomic E-state index is 0. The molecule has 5 nitrogen and oxygen atoms in total. The van der Waals surface area contributed by atoms with Crippen molar-refractivity contribution >= 4 is 57.2 Å². The zero-order valence-electron chi connectivity index (χ0n) is 17.6. The maximum absolute atomic E-state index is 4.80. The maximum Gasteiger partial charge on any atom is 0.191 e. The van der Waals surface area contributed by atoms with Gasteiger partial charge in [0.05, 0.1) is 11.7 Å². The van der Waals surface area contributed by atoms with Gasteiger partial charge < -0.3 is 15.5 Å². The van der Waals surface area contributed by atoms with Crippen LogP contribution in [0.3, 0.4) is 0 Å². The fourth-order valence-electron chi connectivity index (χ4n) is 3.88. The number of aliphatic imine (C=N–C) groups is 1. The first-order valence-corrected chi connectivity index (χ1v) is 11.3. The topological polar surface area (TPSA) is 52.6 Å². The van der Waals surface area contributed by atoms with Crippen molar-refractivity contribution in [3.8, 4) is 0 Å². The van der Waals surface area contributed by atoms with Gasteiger partial charge in [0.25, 0.3) is 0 Å². The Labute approximate surface area is 200 Å². The molecule has 1 atom stereocenters. The summed E-state index contributed by atoms with van der Waals surface area (Å²) in [4.78, 5) is 11.6. The molecular formula is C23H30IN5S. The molecule has 1 aliphatic rings. The summed E-state index contributed by atoms with van der Waals surface area (Å²) in [6.07, 6.45) is 3.47. The largest absolute Gasteiger partial charge is 0.356 e. The van der Waals surface area contributed by atoms with Gasteiger partial charge in [-0.1, -0.05) is 42.5 Å². The zero-order chi connectivity index (χ0) is 20.1. The first kappa shape index (κ1) is 22.8. The predicted molar refractivity (Wildman–Crippen MR) is 140 cm³/mol. The lowest BCUT2D eigenvalue weighted by atomic mass is 10.00. The zero-order valence-corrected chi connectivity index (χ0v) is 20.7. The molecule has 1 aromatic heterocycles. The van der Waals surface area contributed by atoms with Crippen LogP contribution in [-0.4, -0.2) is 37.6 Å². The van der Waals surface area contributed by atoms with E-state index in [9.17, 15) is 0 Å². The van der Waals surface area contributed by atoms with E-state index in [1.807, 2.05) is 7.05 Å². The fraction of sp³-hybridized carbons (Fsp3) is 0.391. The van der Waals surface area contributed by atoms with Crippen molar-refractivity contribution in [3.63, 3.8) is 0 Å². The lowest BCUT2D eigenvalue weighted by molar-refractivity contribution is 0.687. The Hall–Kier alpha value is -1.87. The summed E-state index contributed by atoms with van der Waals surface area (Å²) in [7, 11) is 1.82. The first-order valence-electron chi connectivity index (χ1n) is 10.4. The van der Waals surface area contributed by atoms with E-state index in [0.29, 0.717) is 0 Å². The molecule has 7 heteroatoms. The SMILES string of the molecule is CN=C(NCCc1csc(N2CCCC2)n1)NC(C)c1cccc2ccccc12.I. The molecular weight excluding hydrogens is 505 g/mol. The number of nitrogens with one attached hydrogen (secondary N) is 2. The second-order valence-corrected chi connectivity index (χ2v) is 8.34. The van der Waals surface area contributed by atoms with E-state index in [-0.39, 0.29) is 30.0 Å². The van der Waals surface area contributed by atoms with Crippen molar-refractivity contribution in [2.45, 2.75) is 32.2 Å². The highest BCUT2D eigenvalue weighted by Gasteiger charge is 2.15. The molecule has 1 aliphatic heterocycles. The standard InChI is InChI=1S/C23H29N5S.HI/c1-17(20-11-7-9-18-8-3-4-10-21(18)20)26-22(24-2)25-13-12-19-16-29-23(27-19)28-14-5-6-15-28;/h3-4,7-11,16-17H,5-6,12-15H2,1-2H3,(H2,24,25,26);1H. The lowest BCUT2D eigenvalue weighted by Crippen LogP contribution is -2.39. The highest BCUT2D eigenvalue weighted by Crippen LogP contribution is 2.25. The van der Waals surface area contributed by atoms with Gasteiger partial charge in [-0.25, -0.2) is 4.98 Å². The Kier molecular flexibility index (Phi) is 8.32. The number of anilines is 1. The summed E-state index contributed by atoms with van der Waals surface area (Å²) in [6.45, 7) is 5.28. The molecule has 0 spiro atoms. The third-order valence-corrected chi connectivity index (χ3v) is 6.41. The normalized spacial score (nSPS) is 15.1. The number of nitrogens with zero attached hydrogens (tertiary/aromatic N) is 3. The Morgan fingerprint density at radius 2 is 1.93 bits per heavy atom. The molecule has 160 valence electrons. The van der Waals surface area contributed by atoms with Crippen LogP contribution in [0, 0.1) is 0 Å². The number of thiazole rings is 1. The molecule has 3 aromatic rings. The van der Waals surface area contributed by atoms with E-state index >= 15 is 0 Å². The van der Waals surface area contributed by atoms with Crippen LogP contribution in [0.5, 0.6) is 0 Å². The Morgan fingerprint density at radius 1 is 1.17 bits per heavy atom. The van der Waals surface area contributed by atoms with Crippen LogP contribution in [0.25, 0.3) is 10.8 Å². The predicted octanol–water partition coefficient (Wildman–Crippen LogP) is 4.98. The minimum absolute atomic E-state index is 0. The summed E-state index contributed by atoms with van der Waals surface area (Å²) in [5.74, 6) is 0.820. The Morgan fingerprint density at radius 3 is 2.73 bits per heavy atom. The van der Waals surface area contributed by atoms with Gasteiger partial charge >= 0.3 is 0 Å². The van der Waals surface area contributed by atoms with Gasteiger partial charge in [0.2, 0.25) is 0 Å².